The summed E-state index contributed by atoms with van der Waals surface area (Å²) in [4.78, 5) is 5.12. The smallest absolute Gasteiger partial charge is 0.252 e. The van der Waals surface area contributed by atoms with Gasteiger partial charge in [0.25, 0.3) is 10.0 Å². The van der Waals surface area contributed by atoms with Crippen LogP contribution in [0.2, 0.25) is 0 Å². The van der Waals surface area contributed by atoms with Crippen molar-refractivity contribution >= 4 is 51.3 Å². The van der Waals surface area contributed by atoms with E-state index in [9.17, 15) is 8.42 Å². The largest absolute Gasteiger partial charge is 0.381 e. The number of guanidine groups is 1. The maximum absolute atomic E-state index is 12.1. The number of rotatable bonds is 10. The highest BCUT2D eigenvalue weighted by Gasteiger charge is 2.21. The van der Waals surface area contributed by atoms with E-state index in [2.05, 4.69) is 15.6 Å². The summed E-state index contributed by atoms with van der Waals surface area (Å²) >= 11 is 1.27. The molecule has 0 amide bonds. The third-order valence-electron chi connectivity index (χ3n) is 3.83. The first-order chi connectivity index (χ1) is 11.9. The van der Waals surface area contributed by atoms with Crippen molar-refractivity contribution in [2.75, 3.05) is 40.9 Å². The lowest BCUT2D eigenvalue weighted by molar-refractivity contribution is 0.123. The van der Waals surface area contributed by atoms with Gasteiger partial charge in [0.05, 0.1) is 6.54 Å². The Labute approximate surface area is 177 Å². The Balaban J connectivity index is 0.00000338. The Morgan fingerprint density at radius 2 is 2.08 bits per heavy atom. The summed E-state index contributed by atoms with van der Waals surface area (Å²) < 4.78 is 31.3. The van der Waals surface area contributed by atoms with Gasteiger partial charge in [0.15, 0.2) is 5.96 Å². The summed E-state index contributed by atoms with van der Waals surface area (Å²) in [7, 11) is 1.43. The molecule has 10 heteroatoms. The van der Waals surface area contributed by atoms with Crippen LogP contribution in [0.3, 0.4) is 0 Å². The van der Waals surface area contributed by atoms with Crippen LogP contribution in [-0.2, 0) is 21.3 Å². The van der Waals surface area contributed by atoms with Crippen molar-refractivity contribution in [1.29, 1.82) is 0 Å². The maximum Gasteiger partial charge on any atom is 0.252 e. The van der Waals surface area contributed by atoms with E-state index >= 15 is 0 Å². The van der Waals surface area contributed by atoms with Crippen LogP contribution < -0.4 is 10.6 Å². The number of sulfonamides is 1. The van der Waals surface area contributed by atoms with Crippen molar-refractivity contribution in [1.82, 2.24) is 14.9 Å². The van der Waals surface area contributed by atoms with E-state index in [4.69, 9.17) is 4.74 Å². The number of aliphatic imine (C=N–C) groups is 1. The number of hydrogen-bond acceptors (Lipinski definition) is 5. The van der Waals surface area contributed by atoms with Crippen molar-refractivity contribution in [3.8, 4) is 0 Å². The first-order valence-electron chi connectivity index (χ1n) is 8.47. The van der Waals surface area contributed by atoms with E-state index < -0.39 is 10.0 Å². The minimum absolute atomic E-state index is 0. The molecule has 1 aromatic heterocycles. The zero-order chi connectivity index (χ0) is 18.3. The average molecular weight is 516 g/mol. The Morgan fingerprint density at radius 1 is 1.35 bits per heavy atom. The fourth-order valence-electron chi connectivity index (χ4n) is 2.08. The minimum atomic E-state index is -3.36. The molecule has 0 spiro atoms. The van der Waals surface area contributed by atoms with Gasteiger partial charge in [0, 0.05) is 45.8 Å². The lowest BCUT2D eigenvalue weighted by atomic mass is 10.4. The molecule has 0 atom stereocenters. The summed E-state index contributed by atoms with van der Waals surface area (Å²) in [5.41, 5.74) is 0. The molecule has 150 valence electrons. The Hall–Kier alpha value is -0.430. The summed E-state index contributed by atoms with van der Waals surface area (Å²) in [6.07, 6.45) is 3.56. The minimum Gasteiger partial charge on any atom is -0.381 e. The SMILES string of the molecule is CN=C(NCCCOCC1CC1)NCc1ccc(S(=O)(=O)N(C)C)s1.I. The van der Waals surface area contributed by atoms with Crippen LogP contribution in [0.25, 0.3) is 0 Å². The van der Waals surface area contributed by atoms with E-state index in [1.54, 1.807) is 13.1 Å². The van der Waals surface area contributed by atoms with Crippen LogP contribution in [0, 0.1) is 5.92 Å². The van der Waals surface area contributed by atoms with Gasteiger partial charge in [0.2, 0.25) is 0 Å². The lowest BCUT2D eigenvalue weighted by Gasteiger charge is -2.11. The molecule has 2 rings (SSSR count). The van der Waals surface area contributed by atoms with Crippen molar-refractivity contribution < 1.29 is 13.2 Å². The van der Waals surface area contributed by atoms with Crippen LogP contribution >= 0.6 is 35.3 Å². The van der Waals surface area contributed by atoms with Gasteiger partial charge in [-0.15, -0.1) is 35.3 Å². The van der Waals surface area contributed by atoms with Gasteiger partial charge in [0.1, 0.15) is 4.21 Å². The second-order valence-corrected chi connectivity index (χ2v) is 9.78. The van der Waals surface area contributed by atoms with Crippen molar-refractivity contribution in [3.05, 3.63) is 17.0 Å². The predicted octanol–water partition coefficient (Wildman–Crippen LogP) is 2.10. The number of halogens is 1. The van der Waals surface area contributed by atoms with Gasteiger partial charge in [-0.1, -0.05) is 0 Å². The molecule has 1 aliphatic rings. The highest BCUT2D eigenvalue weighted by Crippen LogP contribution is 2.28. The van der Waals surface area contributed by atoms with Gasteiger partial charge >= 0.3 is 0 Å². The molecule has 1 aliphatic carbocycles. The molecule has 1 saturated carbocycles. The molecule has 7 nitrogen and oxygen atoms in total. The van der Waals surface area contributed by atoms with Gasteiger partial charge in [-0.2, -0.15) is 0 Å². The van der Waals surface area contributed by atoms with E-state index in [0.717, 1.165) is 37.0 Å². The molecule has 26 heavy (non-hydrogen) atoms. The van der Waals surface area contributed by atoms with Gasteiger partial charge in [-0.05, 0) is 37.3 Å². The predicted molar refractivity (Wildman–Crippen MR) is 117 cm³/mol. The number of thiophene rings is 1. The number of nitrogens with one attached hydrogen (secondary N) is 2. The fraction of sp³-hybridized carbons (Fsp3) is 0.688. The van der Waals surface area contributed by atoms with E-state index in [0.29, 0.717) is 16.7 Å². The van der Waals surface area contributed by atoms with Crippen LogP contribution in [0.5, 0.6) is 0 Å². The topological polar surface area (TPSA) is 83.0 Å². The number of hydrogen-bond donors (Lipinski definition) is 2. The molecule has 1 heterocycles. The average Bonchev–Trinajstić information content (AvgIpc) is 3.28. The molecule has 0 aromatic carbocycles. The highest BCUT2D eigenvalue weighted by atomic mass is 127. The Morgan fingerprint density at radius 3 is 2.69 bits per heavy atom. The first kappa shape index (κ1) is 23.6. The van der Waals surface area contributed by atoms with E-state index in [1.165, 1.54) is 42.6 Å². The van der Waals surface area contributed by atoms with Crippen molar-refractivity contribution in [2.45, 2.75) is 30.0 Å². The summed E-state index contributed by atoms with van der Waals surface area (Å²) in [5, 5.41) is 6.43. The van der Waals surface area contributed by atoms with Gasteiger partial charge in [-0.25, -0.2) is 12.7 Å². The van der Waals surface area contributed by atoms with Gasteiger partial charge < -0.3 is 15.4 Å². The standard InChI is InChI=1S/C16H28N4O3S2.HI/c1-17-16(18-9-4-10-23-12-13-5-6-13)19-11-14-7-8-15(24-14)25(21,22)20(2)3;/h7-8,13H,4-6,9-12H2,1-3H3,(H2,17,18,19);1H. The zero-order valence-electron chi connectivity index (χ0n) is 15.5. The second kappa shape index (κ2) is 11.4. The molecule has 2 N–H and O–H groups in total. The molecule has 0 radical (unpaired) electrons. The van der Waals surface area contributed by atoms with Crippen LogP contribution in [0.1, 0.15) is 24.1 Å². The molecule has 0 aliphatic heterocycles. The molecule has 1 fully saturated rings. The van der Waals surface area contributed by atoms with Crippen LogP contribution in [-0.4, -0.2) is 59.6 Å². The molecule has 1 aromatic rings. The quantitative estimate of drug-likeness (QED) is 0.216. The molecular formula is C16H29IN4O3S2. The van der Waals surface area contributed by atoms with E-state index in [1.807, 2.05) is 6.07 Å². The van der Waals surface area contributed by atoms with Crippen molar-refractivity contribution in [2.24, 2.45) is 10.9 Å². The molecule has 0 saturated heterocycles. The highest BCUT2D eigenvalue weighted by molar-refractivity contribution is 14.0. The summed E-state index contributed by atoms with van der Waals surface area (Å²) in [6.45, 7) is 2.97. The van der Waals surface area contributed by atoms with Crippen LogP contribution in [0.15, 0.2) is 21.3 Å². The first-order valence-corrected chi connectivity index (χ1v) is 10.7. The Kier molecular flexibility index (Phi) is 10.4. The van der Waals surface area contributed by atoms with Crippen LogP contribution in [0.4, 0.5) is 0 Å². The van der Waals surface area contributed by atoms with Gasteiger partial charge in [-0.3, -0.25) is 4.99 Å². The lowest BCUT2D eigenvalue weighted by Crippen LogP contribution is -2.37. The third kappa shape index (κ3) is 7.67. The molecule has 0 unspecified atom stereocenters. The third-order valence-corrected chi connectivity index (χ3v) is 7.20. The maximum atomic E-state index is 12.1. The van der Waals surface area contributed by atoms with E-state index in [-0.39, 0.29) is 24.0 Å². The molecule has 0 bridgehead atoms. The molecular weight excluding hydrogens is 487 g/mol. The number of nitrogens with zero attached hydrogens (tertiary/aromatic N) is 2. The number of ether oxygens (including phenoxy) is 1. The second-order valence-electron chi connectivity index (χ2n) is 6.23. The monoisotopic (exact) mass is 516 g/mol. The normalized spacial score (nSPS) is 15.0. The zero-order valence-corrected chi connectivity index (χ0v) is 19.5. The van der Waals surface area contributed by atoms with Crippen molar-refractivity contribution in [3.63, 3.8) is 0 Å². The summed E-state index contributed by atoms with van der Waals surface area (Å²) in [6, 6.07) is 3.47. The summed E-state index contributed by atoms with van der Waals surface area (Å²) in [5.74, 6) is 1.50. The Bertz CT molecular complexity index is 673. The fourth-order valence-corrected chi connectivity index (χ4v) is 4.54.